The molecule has 11 heavy (non-hydrogen) atoms. The van der Waals surface area contributed by atoms with Crippen LogP contribution in [0.25, 0.3) is 0 Å². The summed E-state index contributed by atoms with van der Waals surface area (Å²) in [6.07, 6.45) is 0. The largest absolute Gasteiger partial charge is 0.540 e. The maximum absolute atomic E-state index is 10.5. The molecule has 0 aliphatic rings. The Morgan fingerprint density at radius 2 is 2.09 bits per heavy atom. The van der Waals surface area contributed by atoms with E-state index in [0.717, 1.165) is 0 Å². The minimum Gasteiger partial charge on any atom is -0.540 e. The normalized spacial score (nSPS) is 9.18. The Labute approximate surface area is 67.2 Å². The molecule has 4 heteroatoms. The zero-order valence-corrected chi connectivity index (χ0v) is 6.57. The molecule has 1 N–H and O–H groups in total. The molecule has 0 bridgehead atoms. The van der Waals surface area contributed by atoms with Crippen LogP contribution in [-0.2, 0) is 0 Å². The number of carbonyl (C=O) groups is 1. The molecular weight excluding hydrogens is 160 g/mol. The third-order valence-electron chi connectivity index (χ3n) is 1.23. The van der Waals surface area contributed by atoms with Gasteiger partial charge >= 0.3 is 16.5 Å². The molecule has 3 nitrogen and oxygen atoms in total. The van der Waals surface area contributed by atoms with E-state index < -0.39 is 5.97 Å². The van der Waals surface area contributed by atoms with Crippen LogP contribution in [0.1, 0.15) is 10.4 Å². The molecular formula is C7H5O3Si. The van der Waals surface area contributed by atoms with Gasteiger partial charge in [0.2, 0.25) is 0 Å². The molecule has 0 aliphatic heterocycles. The quantitative estimate of drug-likeness (QED) is 0.661. The molecule has 0 aromatic heterocycles. The lowest BCUT2D eigenvalue weighted by molar-refractivity contribution is 0.0695. The zero-order chi connectivity index (χ0) is 8.27. The number of benzene rings is 1. The molecule has 1 rings (SSSR count). The van der Waals surface area contributed by atoms with Gasteiger partial charge in [0.05, 0.1) is 5.56 Å². The first kappa shape index (κ1) is 7.81. The van der Waals surface area contributed by atoms with E-state index in [9.17, 15) is 4.79 Å². The van der Waals surface area contributed by atoms with Crippen molar-refractivity contribution in [3.8, 4) is 5.75 Å². The van der Waals surface area contributed by atoms with Crippen molar-refractivity contribution in [3.63, 3.8) is 0 Å². The summed E-state index contributed by atoms with van der Waals surface area (Å²) >= 11 is 0. The van der Waals surface area contributed by atoms with Crippen LogP contribution >= 0.6 is 0 Å². The fourth-order valence-corrected chi connectivity index (χ4v) is 0.910. The van der Waals surface area contributed by atoms with Crippen molar-refractivity contribution in [1.82, 2.24) is 0 Å². The van der Waals surface area contributed by atoms with E-state index >= 15 is 0 Å². The molecule has 55 valence electrons. The van der Waals surface area contributed by atoms with E-state index in [1.54, 1.807) is 18.2 Å². The van der Waals surface area contributed by atoms with Gasteiger partial charge in [0.25, 0.3) is 0 Å². The van der Waals surface area contributed by atoms with Crippen LogP contribution in [-0.4, -0.2) is 21.6 Å². The van der Waals surface area contributed by atoms with E-state index in [1.807, 2.05) is 0 Å². The molecule has 0 saturated carbocycles. The van der Waals surface area contributed by atoms with Crippen LogP contribution in [0.15, 0.2) is 24.3 Å². The first-order valence-corrected chi connectivity index (χ1v) is 3.32. The molecule has 0 atom stereocenters. The van der Waals surface area contributed by atoms with Crippen molar-refractivity contribution in [2.45, 2.75) is 0 Å². The average molecular weight is 165 g/mol. The zero-order valence-electron chi connectivity index (χ0n) is 5.57. The molecule has 0 fully saturated rings. The fourth-order valence-electron chi connectivity index (χ4n) is 0.732. The SMILES string of the molecule is O=C(O)c1ccccc1O[Si]. The second kappa shape index (κ2) is 3.20. The highest BCUT2D eigenvalue weighted by Gasteiger charge is 2.07. The summed E-state index contributed by atoms with van der Waals surface area (Å²) in [4.78, 5) is 10.5. The molecule has 0 heterocycles. The van der Waals surface area contributed by atoms with Gasteiger partial charge < -0.3 is 9.53 Å². The Balaban J connectivity index is 3.12. The Morgan fingerprint density at radius 1 is 1.45 bits per heavy atom. The van der Waals surface area contributed by atoms with Gasteiger partial charge in [-0.1, -0.05) is 12.1 Å². The van der Waals surface area contributed by atoms with Crippen molar-refractivity contribution in [1.29, 1.82) is 0 Å². The maximum atomic E-state index is 10.5. The van der Waals surface area contributed by atoms with Gasteiger partial charge in [0.15, 0.2) is 0 Å². The predicted molar refractivity (Wildman–Crippen MR) is 39.8 cm³/mol. The Bertz CT molecular complexity index is 272. The minimum atomic E-state index is -1.00. The lowest BCUT2D eigenvalue weighted by Crippen LogP contribution is -1.99. The molecule has 3 radical (unpaired) electrons. The smallest absolute Gasteiger partial charge is 0.341 e. The van der Waals surface area contributed by atoms with Crippen molar-refractivity contribution in [3.05, 3.63) is 29.8 Å². The van der Waals surface area contributed by atoms with E-state index in [4.69, 9.17) is 5.11 Å². The predicted octanol–water partition coefficient (Wildman–Crippen LogP) is 0.847. The van der Waals surface area contributed by atoms with Gasteiger partial charge in [-0.3, -0.25) is 0 Å². The number of carboxylic acids is 1. The van der Waals surface area contributed by atoms with Crippen molar-refractivity contribution in [2.24, 2.45) is 0 Å². The van der Waals surface area contributed by atoms with Gasteiger partial charge in [-0.2, -0.15) is 0 Å². The molecule has 0 saturated heterocycles. The number of carboxylic acid groups (broad SMARTS) is 1. The highest BCUT2D eigenvalue weighted by Crippen LogP contribution is 2.15. The average Bonchev–Trinajstić information content (AvgIpc) is 2.04. The molecule has 0 unspecified atom stereocenters. The summed E-state index contributed by atoms with van der Waals surface area (Å²) in [6, 6.07) is 6.37. The number of aromatic carboxylic acids is 1. The van der Waals surface area contributed by atoms with Crippen LogP contribution in [0.4, 0.5) is 0 Å². The Morgan fingerprint density at radius 3 is 2.55 bits per heavy atom. The van der Waals surface area contributed by atoms with Crippen LogP contribution in [0.5, 0.6) is 5.75 Å². The summed E-state index contributed by atoms with van der Waals surface area (Å²) in [7, 11) is 2.76. The van der Waals surface area contributed by atoms with Gasteiger partial charge in [-0.05, 0) is 12.1 Å². The highest BCUT2D eigenvalue weighted by atomic mass is 28.2. The number of hydrogen-bond acceptors (Lipinski definition) is 2. The molecule has 1 aromatic carbocycles. The minimum absolute atomic E-state index is 0.141. The standard InChI is InChI=1S/C7H5O3Si/c8-7(9)5-3-1-2-4-6(5)10-11/h1-4H,(H,8,9). The van der Waals surface area contributed by atoms with Crippen molar-refractivity contribution in [2.75, 3.05) is 0 Å². The van der Waals surface area contributed by atoms with Crippen LogP contribution in [0.3, 0.4) is 0 Å². The monoisotopic (exact) mass is 165 g/mol. The van der Waals surface area contributed by atoms with Crippen LogP contribution in [0.2, 0.25) is 0 Å². The molecule has 1 aromatic rings. The summed E-state index contributed by atoms with van der Waals surface area (Å²) in [5.74, 6) is -0.699. The summed E-state index contributed by atoms with van der Waals surface area (Å²) in [5.41, 5.74) is 0.141. The number of para-hydroxylation sites is 1. The van der Waals surface area contributed by atoms with Gasteiger partial charge in [-0.25, -0.2) is 4.79 Å². The van der Waals surface area contributed by atoms with Crippen LogP contribution in [0, 0.1) is 0 Å². The summed E-state index contributed by atoms with van der Waals surface area (Å²) in [6.45, 7) is 0. The lowest BCUT2D eigenvalue weighted by Gasteiger charge is -2.02. The second-order valence-electron chi connectivity index (χ2n) is 1.90. The number of hydrogen-bond donors (Lipinski definition) is 1. The Hall–Kier alpha value is -1.29. The van der Waals surface area contributed by atoms with E-state index in [0.29, 0.717) is 5.75 Å². The van der Waals surface area contributed by atoms with Gasteiger partial charge in [0, 0.05) is 0 Å². The fraction of sp³-hybridized carbons (Fsp3) is 0. The van der Waals surface area contributed by atoms with Crippen LogP contribution < -0.4 is 4.43 Å². The first-order valence-electron chi connectivity index (χ1n) is 2.91. The number of rotatable bonds is 2. The second-order valence-corrected chi connectivity index (χ2v) is 2.11. The lowest BCUT2D eigenvalue weighted by atomic mass is 10.2. The first-order chi connectivity index (χ1) is 5.25. The van der Waals surface area contributed by atoms with Gasteiger partial charge in [-0.15, -0.1) is 0 Å². The molecule has 0 spiro atoms. The summed E-state index contributed by atoms with van der Waals surface area (Å²) < 4.78 is 4.63. The highest BCUT2D eigenvalue weighted by molar-refractivity contribution is 6.01. The third-order valence-corrected chi connectivity index (χ3v) is 1.45. The maximum Gasteiger partial charge on any atom is 0.341 e. The van der Waals surface area contributed by atoms with Crippen molar-refractivity contribution < 1.29 is 14.3 Å². The summed E-state index contributed by atoms with van der Waals surface area (Å²) in [5, 5.41) is 8.60. The van der Waals surface area contributed by atoms with Crippen molar-refractivity contribution >= 4 is 16.5 Å². The third kappa shape index (κ3) is 1.59. The van der Waals surface area contributed by atoms with Gasteiger partial charge in [0.1, 0.15) is 5.75 Å². The van der Waals surface area contributed by atoms with E-state index in [2.05, 4.69) is 14.9 Å². The molecule has 0 amide bonds. The topological polar surface area (TPSA) is 46.5 Å². The van der Waals surface area contributed by atoms with E-state index in [-0.39, 0.29) is 5.56 Å². The molecule has 0 aliphatic carbocycles. The van der Waals surface area contributed by atoms with E-state index in [1.165, 1.54) is 6.07 Å². The Kier molecular flexibility index (Phi) is 2.27.